The molecule has 3 rings (SSSR count). The van der Waals surface area contributed by atoms with Crippen molar-refractivity contribution < 1.29 is 9.53 Å². The van der Waals surface area contributed by atoms with Gasteiger partial charge in [0.25, 0.3) is 0 Å². The molecule has 0 spiro atoms. The Labute approximate surface area is 140 Å². The van der Waals surface area contributed by atoms with Gasteiger partial charge in [0, 0.05) is 14.2 Å². The molecule has 0 amide bonds. The first-order valence-electron chi connectivity index (χ1n) is 6.16. The molecule has 0 fully saturated rings. The van der Waals surface area contributed by atoms with E-state index in [1.165, 1.54) is 0 Å². The third-order valence-corrected chi connectivity index (χ3v) is 3.82. The number of hydrogen-bond donors (Lipinski definition) is 0. The summed E-state index contributed by atoms with van der Waals surface area (Å²) in [4.78, 5) is 16.1. The fourth-order valence-corrected chi connectivity index (χ4v) is 2.44. The maximum Gasteiger partial charge on any atom is 0.363 e. The summed E-state index contributed by atoms with van der Waals surface area (Å²) >= 11 is 8.14. The summed E-state index contributed by atoms with van der Waals surface area (Å²) in [6.45, 7) is 0. The maximum absolute atomic E-state index is 11.9. The van der Waals surface area contributed by atoms with Gasteiger partial charge in [0.05, 0.1) is 0 Å². The second-order valence-electron chi connectivity index (χ2n) is 4.40. The highest BCUT2D eigenvalue weighted by Gasteiger charge is 2.23. The number of benzene rings is 2. The van der Waals surface area contributed by atoms with Gasteiger partial charge in [0.15, 0.2) is 5.70 Å². The van der Waals surface area contributed by atoms with Crippen molar-refractivity contribution in [3.05, 3.63) is 73.9 Å². The zero-order chi connectivity index (χ0) is 14.8. The van der Waals surface area contributed by atoms with Gasteiger partial charge in [0.1, 0.15) is 0 Å². The first kappa shape index (κ1) is 14.3. The van der Waals surface area contributed by atoms with Crippen molar-refractivity contribution in [3.63, 3.8) is 0 Å². The smallest absolute Gasteiger partial charge is 0.363 e. The van der Waals surface area contributed by atoms with Crippen LogP contribution < -0.4 is 0 Å². The SMILES string of the molecule is O=C1OC(c2ccc(I)cc2)=N/C1=C\c1cccc(Cl)c1. The normalized spacial score (nSPS) is 16.0. The van der Waals surface area contributed by atoms with Crippen LogP contribution in [0.1, 0.15) is 11.1 Å². The number of carbonyl (C=O) groups excluding carboxylic acids is 1. The van der Waals surface area contributed by atoms with Gasteiger partial charge in [-0.1, -0.05) is 23.7 Å². The molecular weight excluding hydrogens is 401 g/mol. The van der Waals surface area contributed by atoms with Crippen molar-refractivity contribution in [2.75, 3.05) is 0 Å². The van der Waals surface area contributed by atoms with Crippen LogP contribution in [0.15, 0.2) is 59.2 Å². The lowest BCUT2D eigenvalue weighted by atomic mass is 10.2. The van der Waals surface area contributed by atoms with Gasteiger partial charge in [-0.2, -0.15) is 0 Å². The molecule has 0 saturated heterocycles. The molecule has 2 aromatic carbocycles. The van der Waals surface area contributed by atoms with Crippen LogP contribution in [0.25, 0.3) is 6.08 Å². The number of cyclic esters (lactones) is 1. The predicted octanol–water partition coefficient (Wildman–Crippen LogP) is 4.29. The van der Waals surface area contributed by atoms with Crippen molar-refractivity contribution >= 4 is 52.1 Å². The Morgan fingerprint density at radius 1 is 1.14 bits per heavy atom. The van der Waals surface area contributed by atoms with Crippen LogP contribution >= 0.6 is 34.2 Å². The van der Waals surface area contributed by atoms with Crippen LogP contribution in [0.2, 0.25) is 5.02 Å². The Morgan fingerprint density at radius 3 is 2.62 bits per heavy atom. The van der Waals surface area contributed by atoms with Crippen molar-refractivity contribution in [2.24, 2.45) is 4.99 Å². The number of rotatable bonds is 2. The van der Waals surface area contributed by atoms with Gasteiger partial charge in [-0.25, -0.2) is 9.79 Å². The minimum absolute atomic E-state index is 0.269. The average Bonchev–Trinajstić information content (AvgIpc) is 2.81. The van der Waals surface area contributed by atoms with Crippen molar-refractivity contribution in [1.82, 2.24) is 0 Å². The molecule has 1 aliphatic rings. The number of carbonyl (C=O) groups is 1. The van der Waals surface area contributed by atoms with E-state index in [4.69, 9.17) is 16.3 Å². The summed E-state index contributed by atoms with van der Waals surface area (Å²) in [7, 11) is 0. The number of halogens is 2. The number of aliphatic imine (C=N–C) groups is 1. The number of hydrogen-bond acceptors (Lipinski definition) is 3. The molecule has 0 bridgehead atoms. The number of ether oxygens (including phenoxy) is 1. The monoisotopic (exact) mass is 409 g/mol. The van der Waals surface area contributed by atoms with Crippen LogP contribution in [0.3, 0.4) is 0 Å². The fourth-order valence-electron chi connectivity index (χ4n) is 1.88. The van der Waals surface area contributed by atoms with E-state index in [1.54, 1.807) is 18.2 Å². The number of esters is 1. The lowest BCUT2D eigenvalue weighted by Crippen LogP contribution is -2.05. The Balaban J connectivity index is 1.93. The molecule has 0 aromatic heterocycles. The second kappa shape index (κ2) is 5.99. The van der Waals surface area contributed by atoms with E-state index in [0.717, 1.165) is 14.7 Å². The van der Waals surface area contributed by atoms with Crippen molar-refractivity contribution in [1.29, 1.82) is 0 Å². The highest BCUT2D eigenvalue weighted by molar-refractivity contribution is 14.1. The molecule has 0 unspecified atom stereocenters. The molecule has 0 N–H and O–H groups in total. The summed E-state index contributed by atoms with van der Waals surface area (Å²) in [5, 5.41) is 0.609. The first-order chi connectivity index (χ1) is 10.1. The van der Waals surface area contributed by atoms with E-state index in [1.807, 2.05) is 36.4 Å². The molecule has 104 valence electrons. The van der Waals surface area contributed by atoms with Gasteiger partial charge in [-0.3, -0.25) is 0 Å². The number of nitrogens with zero attached hydrogens (tertiary/aromatic N) is 1. The van der Waals surface area contributed by atoms with Crippen molar-refractivity contribution in [3.8, 4) is 0 Å². The molecule has 0 saturated carbocycles. The minimum Gasteiger partial charge on any atom is -0.402 e. The minimum atomic E-state index is -0.455. The molecule has 21 heavy (non-hydrogen) atoms. The quantitative estimate of drug-likeness (QED) is 0.422. The highest BCUT2D eigenvalue weighted by Crippen LogP contribution is 2.21. The molecular formula is C16H9ClINO2. The van der Waals surface area contributed by atoms with Gasteiger partial charge in [-0.15, -0.1) is 0 Å². The molecule has 0 aliphatic carbocycles. The van der Waals surface area contributed by atoms with Gasteiger partial charge in [-0.05, 0) is 70.6 Å². The molecule has 0 atom stereocenters. The molecule has 2 aromatic rings. The first-order valence-corrected chi connectivity index (χ1v) is 7.61. The standard InChI is InChI=1S/C16H9ClINO2/c17-12-3-1-2-10(8-12)9-14-16(20)21-15(19-14)11-4-6-13(18)7-5-11/h1-9H/b14-9-. The third kappa shape index (κ3) is 3.33. The largest absolute Gasteiger partial charge is 0.402 e. The topological polar surface area (TPSA) is 38.7 Å². The van der Waals surface area contributed by atoms with Gasteiger partial charge in [0.2, 0.25) is 5.90 Å². The van der Waals surface area contributed by atoms with Crippen LogP contribution in [0.4, 0.5) is 0 Å². The third-order valence-electron chi connectivity index (χ3n) is 2.86. The lowest BCUT2D eigenvalue weighted by Gasteiger charge is -1.98. The molecule has 1 heterocycles. The zero-order valence-corrected chi connectivity index (χ0v) is 13.6. The van der Waals surface area contributed by atoms with E-state index in [2.05, 4.69) is 27.6 Å². The Kier molecular flexibility index (Phi) is 4.07. The summed E-state index contributed by atoms with van der Waals surface area (Å²) in [6.07, 6.45) is 1.66. The van der Waals surface area contributed by atoms with E-state index in [0.29, 0.717) is 10.9 Å². The van der Waals surface area contributed by atoms with Gasteiger partial charge >= 0.3 is 5.97 Å². The van der Waals surface area contributed by atoms with Crippen molar-refractivity contribution in [2.45, 2.75) is 0 Å². The highest BCUT2D eigenvalue weighted by atomic mass is 127. The van der Waals surface area contributed by atoms with E-state index < -0.39 is 5.97 Å². The maximum atomic E-state index is 11.9. The Morgan fingerprint density at radius 2 is 1.90 bits per heavy atom. The average molecular weight is 410 g/mol. The fraction of sp³-hybridized carbons (Fsp3) is 0. The molecule has 1 aliphatic heterocycles. The van der Waals surface area contributed by atoms with E-state index in [9.17, 15) is 4.79 Å². The summed E-state index contributed by atoms with van der Waals surface area (Å²) < 4.78 is 6.32. The molecule has 5 heteroatoms. The van der Waals surface area contributed by atoms with E-state index >= 15 is 0 Å². The van der Waals surface area contributed by atoms with Crippen LogP contribution in [0.5, 0.6) is 0 Å². The summed E-state index contributed by atoms with van der Waals surface area (Å²) in [5.74, 6) is -0.131. The molecule has 3 nitrogen and oxygen atoms in total. The van der Waals surface area contributed by atoms with E-state index in [-0.39, 0.29) is 5.70 Å². The lowest BCUT2D eigenvalue weighted by molar-refractivity contribution is -0.129. The Hall–Kier alpha value is -1.66. The van der Waals surface area contributed by atoms with Crippen LogP contribution in [0, 0.1) is 3.57 Å². The van der Waals surface area contributed by atoms with Gasteiger partial charge < -0.3 is 4.74 Å². The Bertz CT molecular complexity index is 766. The second-order valence-corrected chi connectivity index (χ2v) is 6.08. The van der Waals surface area contributed by atoms with Crippen LogP contribution in [-0.2, 0) is 9.53 Å². The molecule has 0 radical (unpaired) electrons. The predicted molar refractivity (Wildman–Crippen MR) is 91.2 cm³/mol. The zero-order valence-electron chi connectivity index (χ0n) is 10.7. The summed E-state index contributed by atoms with van der Waals surface area (Å²) in [6, 6.07) is 14.8. The van der Waals surface area contributed by atoms with Crippen LogP contribution in [-0.4, -0.2) is 11.9 Å². The summed E-state index contributed by atoms with van der Waals surface area (Å²) in [5.41, 5.74) is 1.85.